The van der Waals surface area contributed by atoms with Gasteiger partial charge < -0.3 is 15.3 Å². The second kappa shape index (κ2) is 10.5. The number of carboxylic acid groups (broad SMARTS) is 1. The van der Waals surface area contributed by atoms with Gasteiger partial charge in [-0.1, -0.05) is 6.07 Å². The molecule has 4 rings (SSSR count). The molecule has 8 nitrogen and oxygen atoms in total. The molecule has 1 aliphatic rings. The molecule has 1 aliphatic heterocycles. The van der Waals surface area contributed by atoms with Crippen molar-refractivity contribution in [3.8, 4) is 0 Å². The van der Waals surface area contributed by atoms with E-state index in [0.717, 1.165) is 54.1 Å². The van der Waals surface area contributed by atoms with Crippen LogP contribution in [0.3, 0.4) is 0 Å². The summed E-state index contributed by atoms with van der Waals surface area (Å²) in [6, 6.07) is 5.82. The summed E-state index contributed by atoms with van der Waals surface area (Å²) < 4.78 is 1.16. The number of carbonyl (C=O) groups excluding carboxylic acids is 1. The lowest BCUT2D eigenvalue weighted by atomic mass is 9.96. The second-order valence-corrected chi connectivity index (χ2v) is 7.63. The molecular weight excluding hydrogens is 390 g/mol. The first-order valence-corrected chi connectivity index (χ1v) is 10.3. The summed E-state index contributed by atoms with van der Waals surface area (Å²) in [5, 5.41) is 12.0. The molecule has 3 aromatic heterocycles. The number of hydrogen-bond acceptors (Lipinski definition) is 7. The number of piperidine rings is 1. The first-order chi connectivity index (χ1) is 14.2. The normalized spacial score (nSPS) is 14.1. The van der Waals surface area contributed by atoms with Crippen LogP contribution in [0.25, 0.3) is 10.2 Å². The number of hydrogen-bond donors (Lipinski definition) is 2. The van der Waals surface area contributed by atoms with Crippen LogP contribution in [0.15, 0.2) is 42.3 Å². The van der Waals surface area contributed by atoms with E-state index in [1.54, 1.807) is 30.1 Å². The van der Waals surface area contributed by atoms with Crippen molar-refractivity contribution >= 4 is 39.8 Å². The molecule has 1 amide bonds. The van der Waals surface area contributed by atoms with Crippen LogP contribution in [0.5, 0.6) is 0 Å². The van der Waals surface area contributed by atoms with Crippen molar-refractivity contribution in [1.29, 1.82) is 0 Å². The van der Waals surface area contributed by atoms with Gasteiger partial charge in [0.25, 0.3) is 6.47 Å². The van der Waals surface area contributed by atoms with Crippen molar-refractivity contribution in [2.75, 3.05) is 24.5 Å². The maximum absolute atomic E-state index is 12.1. The van der Waals surface area contributed by atoms with E-state index in [0.29, 0.717) is 12.3 Å². The van der Waals surface area contributed by atoms with E-state index in [1.807, 2.05) is 18.2 Å². The minimum absolute atomic E-state index is 0.0662. The number of nitrogens with one attached hydrogen (secondary N) is 1. The highest BCUT2D eigenvalue weighted by molar-refractivity contribution is 7.17. The third kappa shape index (κ3) is 5.71. The summed E-state index contributed by atoms with van der Waals surface area (Å²) in [7, 11) is 0. The molecule has 152 valence electrons. The highest BCUT2D eigenvalue weighted by Gasteiger charge is 2.22. The second-order valence-electron chi connectivity index (χ2n) is 6.71. The molecule has 0 unspecified atom stereocenters. The van der Waals surface area contributed by atoms with Gasteiger partial charge in [-0.2, -0.15) is 0 Å². The van der Waals surface area contributed by atoms with Gasteiger partial charge >= 0.3 is 0 Å². The molecule has 3 aromatic rings. The number of nitrogens with zero attached hydrogens (tertiary/aromatic N) is 4. The van der Waals surface area contributed by atoms with E-state index in [-0.39, 0.29) is 12.4 Å². The van der Waals surface area contributed by atoms with Crippen molar-refractivity contribution in [3.63, 3.8) is 0 Å². The number of rotatable bonds is 5. The van der Waals surface area contributed by atoms with Crippen LogP contribution in [0.2, 0.25) is 0 Å². The highest BCUT2D eigenvalue weighted by Crippen LogP contribution is 2.30. The Kier molecular flexibility index (Phi) is 7.46. The molecule has 4 heterocycles. The van der Waals surface area contributed by atoms with Crippen LogP contribution >= 0.6 is 11.3 Å². The van der Waals surface area contributed by atoms with Gasteiger partial charge in [-0.25, -0.2) is 9.97 Å². The average molecular weight is 414 g/mol. The fourth-order valence-corrected chi connectivity index (χ4v) is 4.22. The summed E-state index contributed by atoms with van der Waals surface area (Å²) in [4.78, 5) is 35.7. The van der Waals surface area contributed by atoms with Gasteiger partial charge in [-0.05, 0) is 41.8 Å². The summed E-state index contributed by atoms with van der Waals surface area (Å²) >= 11 is 1.69. The maximum Gasteiger partial charge on any atom is 0.290 e. The molecule has 0 aliphatic carbocycles. The van der Waals surface area contributed by atoms with Gasteiger partial charge in [-0.3, -0.25) is 14.6 Å². The SMILES string of the molecule is O=C(Cc1cccnc1)NCC1CCN(c2ncnc3ccsc23)CC1.O=CO. The lowest BCUT2D eigenvalue weighted by molar-refractivity contribution is -0.123. The molecule has 0 bridgehead atoms. The van der Waals surface area contributed by atoms with Crippen molar-refractivity contribution in [1.82, 2.24) is 20.3 Å². The van der Waals surface area contributed by atoms with Crippen molar-refractivity contribution in [2.24, 2.45) is 5.92 Å². The van der Waals surface area contributed by atoms with Crippen LogP contribution in [0, 0.1) is 5.92 Å². The first-order valence-electron chi connectivity index (χ1n) is 9.38. The third-order valence-electron chi connectivity index (χ3n) is 4.81. The lowest BCUT2D eigenvalue weighted by Crippen LogP contribution is -2.39. The Labute approximate surface area is 172 Å². The van der Waals surface area contributed by atoms with Gasteiger partial charge in [0.1, 0.15) is 12.1 Å². The number of aromatic nitrogens is 3. The van der Waals surface area contributed by atoms with Crippen molar-refractivity contribution in [3.05, 3.63) is 47.9 Å². The molecule has 0 atom stereocenters. The van der Waals surface area contributed by atoms with Gasteiger partial charge in [0.05, 0.1) is 16.6 Å². The summed E-state index contributed by atoms with van der Waals surface area (Å²) in [5.74, 6) is 1.63. The van der Waals surface area contributed by atoms with Gasteiger partial charge in [-0.15, -0.1) is 11.3 Å². The number of amides is 1. The van der Waals surface area contributed by atoms with Crippen LogP contribution in [0.1, 0.15) is 18.4 Å². The molecule has 2 N–H and O–H groups in total. The number of pyridine rings is 1. The molecular formula is C20H23N5O3S. The Hall–Kier alpha value is -3.07. The molecule has 0 radical (unpaired) electrons. The first kappa shape index (κ1) is 20.7. The minimum atomic E-state index is -0.250. The molecule has 0 aromatic carbocycles. The molecule has 1 fully saturated rings. The average Bonchev–Trinajstić information content (AvgIpc) is 3.23. The zero-order valence-electron chi connectivity index (χ0n) is 15.9. The minimum Gasteiger partial charge on any atom is -0.483 e. The molecule has 1 saturated heterocycles. The zero-order valence-corrected chi connectivity index (χ0v) is 16.7. The number of carbonyl (C=O) groups is 2. The monoisotopic (exact) mass is 413 g/mol. The summed E-state index contributed by atoms with van der Waals surface area (Å²) in [6.07, 6.45) is 7.62. The smallest absolute Gasteiger partial charge is 0.290 e. The molecule has 9 heteroatoms. The number of fused-ring (bicyclic) bond motifs is 1. The molecule has 0 spiro atoms. The lowest BCUT2D eigenvalue weighted by Gasteiger charge is -2.33. The standard InChI is InChI=1S/C19H21N5OS.CH2O2/c25-17(10-15-2-1-6-20-11-15)21-12-14-3-7-24(8-4-14)19-18-16(5-9-26-18)22-13-23-19;2-1-3/h1-2,5-6,9,11,13-14H,3-4,7-8,10,12H2,(H,21,25);1H,(H,2,3). The van der Waals surface area contributed by atoms with E-state index in [4.69, 9.17) is 9.90 Å². The van der Waals surface area contributed by atoms with Gasteiger partial charge in [0.2, 0.25) is 5.91 Å². The van der Waals surface area contributed by atoms with Crippen LogP contribution in [-0.4, -0.2) is 52.1 Å². The fraction of sp³-hybridized carbons (Fsp3) is 0.350. The topological polar surface area (TPSA) is 108 Å². The molecule has 0 saturated carbocycles. The third-order valence-corrected chi connectivity index (χ3v) is 5.71. The van der Waals surface area contributed by atoms with E-state index in [1.165, 1.54) is 0 Å². The Morgan fingerprint density at radius 2 is 2.10 bits per heavy atom. The maximum atomic E-state index is 12.1. The Morgan fingerprint density at radius 1 is 1.31 bits per heavy atom. The van der Waals surface area contributed by atoms with E-state index in [9.17, 15) is 4.79 Å². The van der Waals surface area contributed by atoms with Gasteiger partial charge in [0.15, 0.2) is 0 Å². The largest absolute Gasteiger partial charge is 0.483 e. The predicted molar refractivity (Wildman–Crippen MR) is 112 cm³/mol. The van der Waals surface area contributed by atoms with Crippen molar-refractivity contribution in [2.45, 2.75) is 19.3 Å². The van der Waals surface area contributed by atoms with Crippen LogP contribution in [0.4, 0.5) is 5.82 Å². The van der Waals surface area contributed by atoms with E-state index in [2.05, 4.69) is 30.5 Å². The number of thiophene rings is 1. The van der Waals surface area contributed by atoms with E-state index < -0.39 is 0 Å². The Morgan fingerprint density at radius 3 is 2.83 bits per heavy atom. The fourth-order valence-electron chi connectivity index (χ4n) is 3.36. The number of anilines is 1. The van der Waals surface area contributed by atoms with Crippen molar-refractivity contribution < 1.29 is 14.7 Å². The summed E-state index contributed by atoms with van der Waals surface area (Å²) in [6.45, 7) is 2.42. The predicted octanol–water partition coefficient (Wildman–Crippen LogP) is 2.36. The van der Waals surface area contributed by atoms with E-state index >= 15 is 0 Å². The Bertz CT molecular complexity index is 926. The van der Waals surface area contributed by atoms with Gasteiger partial charge in [0, 0.05) is 32.0 Å². The summed E-state index contributed by atoms with van der Waals surface area (Å²) in [5.41, 5.74) is 1.97. The van der Waals surface area contributed by atoms with Crippen LogP contribution < -0.4 is 10.2 Å². The highest BCUT2D eigenvalue weighted by atomic mass is 32.1. The zero-order chi connectivity index (χ0) is 20.5. The molecule has 29 heavy (non-hydrogen) atoms. The van der Waals surface area contributed by atoms with Crippen LogP contribution in [-0.2, 0) is 16.0 Å². The quantitative estimate of drug-likeness (QED) is 0.618. The Balaban J connectivity index is 0.000000755.